The molecular weight excluding hydrogens is 442 g/mol. The normalized spacial score (nSPS) is 30.4. The first kappa shape index (κ1) is 27.5. The molecule has 1 aliphatic heterocycles. The molecule has 0 aromatic heterocycles. The van der Waals surface area contributed by atoms with Crippen LogP contribution in [0.5, 0.6) is 0 Å². The molecule has 3 rings (SSSR count). The van der Waals surface area contributed by atoms with Crippen molar-refractivity contribution in [2.75, 3.05) is 6.61 Å². The second kappa shape index (κ2) is 12.8. The van der Waals surface area contributed by atoms with Crippen LogP contribution in [0.3, 0.4) is 0 Å². The topological polar surface area (TPSA) is 72.8 Å². The second-order valence-electron chi connectivity index (χ2n) is 10.9. The lowest BCUT2D eigenvalue weighted by Gasteiger charge is -2.43. The molecule has 1 N–H and O–H groups in total. The highest BCUT2D eigenvalue weighted by Crippen LogP contribution is 2.49. The summed E-state index contributed by atoms with van der Waals surface area (Å²) < 4.78 is 40.1. The molecule has 0 spiro atoms. The first-order chi connectivity index (χ1) is 16.3. The van der Waals surface area contributed by atoms with Crippen molar-refractivity contribution in [3.8, 4) is 0 Å². The first-order valence-electron chi connectivity index (χ1n) is 13.7. The summed E-state index contributed by atoms with van der Waals surface area (Å²) in [4.78, 5) is 24.5. The summed E-state index contributed by atoms with van der Waals surface area (Å²) in [6, 6.07) is 0. The van der Waals surface area contributed by atoms with E-state index in [2.05, 4.69) is 0 Å². The Hall–Kier alpha value is -1.08. The van der Waals surface area contributed by atoms with Crippen LogP contribution >= 0.6 is 0 Å². The number of carbonyl (C=O) groups excluding carboxylic acids is 2. The van der Waals surface area contributed by atoms with Crippen LogP contribution in [0.1, 0.15) is 116 Å². The summed E-state index contributed by atoms with van der Waals surface area (Å²) in [7, 11) is 0. The third-order valence-electron chi connectivity index (χ3n) is 8.24. The zero-order valence-corrected chi connectivity index (χ0v) is 20.9. The van der Waals surface area contributed by atoms with E-state index in [1.165, 1.54) is 32.1 Å². The zero-order valence-electron chi connectivity index (χ0n) is 20.9. The van der Waals surface area contributed by atoms with Crippen molar-refractivity contribution in [2.45, 2.75) is 134 Å². The summed E-state index contributed by atoms with van der Waals surface area (Å²) in [5.41, 5.74) is 0. The summed E-state index contributed by atoms with van der Waals surface area (Å²) in [5, 5.41) is 10.6. The van der Waals surface area contributed by atoms with Gasteiger partial charge in [-0.05, 0) is 50.4 Å². The quantitative estimate of drug-likeness (QED) is 0.243. The molecule has 1 saturated heterocycles. The number of unbranched alkanes of at least 4 members (excludes halogenated alkanes) is 4. The maximum absolute atomic E-state index is 14.6. The van der Waals surface area contributed by atoms with Gasteiger partial charge < -0.3 is 14.6 Å². The van der Waals surface area contributed by atoms with Crippen LogP contribution in [-0.2, 0) is 19.1 Å². The van der Waals surface area contributed by atoms with Crippen molar-refractivity contribution in [1.29, 1.82) is 0 Å². The molecule has 196 valence electrons. The lowest BCUT2D eigenvalue weighted by atomic mass is 9.81. The Kier molecular flexibility index (Phi) is 10.3. The number of halogens is 2. The molecule has 0 aromatic carbocycles. The van der Waals surface area contributed by atoms with Crippen LogP contribution in [0, 0.1) is 17.8 Å². The Balaban J connectivity index is 1.32. The van der Waals surface area contributed by atoms with Crippen LogP contribution in [0.25, 0.3) is 0 Å². The molecule has 3 fully saturated rings. The van der Waals surface area contributed by atoms with Crippen molar-refractivity contribution in [1.82, 2.24) is 0 Å². The number of hydrogen-bond acceptors (Lipinski definition) is 5. The number of fused-ring (bicyclic) bond motifs is 1. The fourth-order valence-corrected chi connectivity index (χ4v) is 6.05. The first-order valence-corrected chi connectivity index (χ1v) is 13.7. The largest absolute Gasteiger partial charge is 0.465 e. The van der Waals surface area contributed by atoms with Gasteiger partial charge in [0, 0.05) is 31.6 Å². The number of aliphatic hydroxyl groups is 1. The van der Waals surface area contributed by atoms with Gasteiger partial charge in [0.1, 0.15) is 5.78 Å². The van der Waals surface area contributed by atoms with Crippen LogP contribution in [-0.4, -0.2) is 41.3 Å². The smallest absolute Gasteiger partial charge is 0.305 e. The molecule has 2 saturated carbocycles. The predicted octanol–water partition coefficient (Wildman–Crippen LogP) is 6.35. The number of rotatable bonds is 13. The number of ether oxygens (including phenoxy) is 2. The second-order valence-corrected chi connectivity index (χ2v) is 10.9. The van der Waals surface area contributed by atoms with E-state index in [9.17, 15) is 23.5 Å². The predicted molar refractivity (Wildman–Crippen MR) is 125 cm³/mol. The van der Waals surface area contributed by atoms with E-state index >= 15 is 0 Å². The minimum absolute atomic E-state index is 0.0717. The van der Waals surface area contributed by atoms with Gasteiger partial charge in [-0.3, -0.25) is 9.59 Å². The molecule has 1 heterocycles. The summed E-state index contributed by atoms with van der Waals surface area (Å²) in [6.07, 6.45) is 11.1. The van der Waals surface area contributed by atoms with Crippen molar-refractivity contribution in [3.05, 3.63) is 0 Å². The molecule has 5 nitrogen and oxygen atoms in total. The standard InChI is InChI=1S/C27H44F2O5/c1-2-3-16-26(28,29)27(32)17-15-22-21(23(30)18-24(22)34-27)13-9-4-5-10-14-25(31)33-19-20-11-7-6-8-12-20/h20-22,24,32H,2-19H2,1H3/t21-,22-,24-,27-/m1/s1. The lowest BCUT2D eigenvalue weighted by molar-refractivity contribution is -0.356. The fourth-order valence-electron chi connectivity index (χ4n) is 6.05. The third kappa shape index (κ3) is 7.22. The molecule has 0 bridgehead atoms. The molecule has 7 heteroatoms. The number of alkyl halides is 2. The molecular formula is C27H44F2O5. The third-order valence-corrected chi connectivity index (χ3v) is 8.24. The Bertz CT molecular complexity index is 663. The Morgan fingerprint density at radius 2 is 1.85 bits per heavy atom. The molecule has 3 aliphatic rings. The van der Waals surface area contributed by atoms with Gasteiger partial charge in [-0.2, -0.15) is 0 Å². The molecule has 0 radical (unpaired) electrons. The maximum Gasteiger partial charge on any atom is 0.305 e. The van der Waals surface area contributed by atoms with Crippen molar-refractivity contribution < 1.29 is 33.0 Å². The SMILES string of the molecule is CCCCC(F)(F)[C@@]1(O)CC[C@H]2[C@@H](CC(=O)[C@@H]2CCCCCCC(=O)OCC2CCCCC2)O1. The number of carbonyl (C=O) groups is 2. The Morgan fingerprint density at radius 3 is 2.59 bits per heavy atom. The minimum Gasteiger partial charge on any atom is -0.465 e. The molecule has 4 atom stereocenters. The summed E-state index contributed by atoms with van der Waals surface area (Å²) >= 11 is 0. The molecule has 2 aliphatic carbocycles. The van der Waals surface area contributed by atoms with Crippen LogP contribution in [0.2, 0.25) is 0 Å². The molecule has 0 unspecified atom stereocenters. The lowest BCUT2D eigenvalue weighted by Crippen LogP contribution is -2.55. The monoisotopic (exact) mass is 486 g/mol. The van der Waals surface area contributed by atoms with Gasteiger partial charge in [-0.25, -0.2) is 8.78 Å². The van der Waals surface area contributed by atoms with Gasteiger partial charge in [0.2, 0.25) is 5.79 Å². The number of esters is 1. The zero-order chi connectivity index (χ0) is 24.6. The van der Waals surface area contributed by atoms with Gasteiger partial charge >= 0.3 is 11.9 Å². The number of hydrogen-bond donors (Lipinski definition) is 1. The van der Waals surface area contributed by atoms with Crippen molar-refractivity contribution in [3.63, 3.8) is 0 Å². The van der Waals surface area contributed by atoms with E-state index in [0.29, 0.717) is 38.2 Å². The number of Topliss-reactive ketones (excluding diaryl/α,β-unsaturated/α-hetero) is 1. The number of ketones is 1. The summed E-state index contributed by atoms with van der Waals surface area (Å²) in [5.74, 6) is -5.50. The van der Waals surface area contributed by atoms with E-state index < -0.39 is 24.2 Å². The van der Waals surface area contributed by atoms with Gasteiger partial charge in [0.05, 0.1) is 12.7 Å². The van der Waals surface area contributed by atoms with Crippen LogP contribution < -0.4 is 0 Å². The maximum atomic E-state index is 14.6. The highest BCUT2D eigenvalue weighted by Gasteiger charge is 2.59. The molecule has 0 aromatic rings. The Labute approximate surface area is 203 Å². The Morgan fingerprint density at radius 1 is 1.12 bits per heavy atom. The van der Waals surface area contributed by atoms with E-state index in [0.717, 1.165) is 32.1 Å². The van der Waals surface area contributed by atoms with Crippen LogP contribution in [0.15, 0.2) is 0 Å². The summed E-state index contributed by atoms with van der Waals surface area (Å²) in [6.45, 7) is 2.40. The fraction of sp³-hybridized carbons (Fsp3) is 0.926. The van der Waals surface area contributed by atoms with Gasteiger partial charge in [0.15, 0.2) is 0 Å². The highest BCUT2D eigenvalue weighted by atomic mass is 19.3. The van der Waals surface area contributed by atoms with Gasteiger partial charge in [-0.1, -0.05) is 51.9 Å². The van der Waals surface area contributed by atoms with Crippen molar-refractivity contribution >= 4 is 11.8 Å². The van der Waals surface area contributed by atoms with E-state index in [1.807, 2.05) is 6.92 Å². The average molecular weight is 487 g/mol. The molecule has 34 heavy (non-hydrogen) atoms. The van der Waals surface area contributed by atoms with Crippen molar-refractivity contribution in [2.24, 2.45) is 17.8 Å². The van der Waals surface area contributed by atoms with E-state index in [1.54, 1.807) is 0 Å². The van der Waals surface area contributed by atoms with E-state index in [4.69, 9.17) is 9.47 Å². The highest BCUT2D eigenvalue weighted by molar-refractivity contribution is 5.84. The average Bonchev–Trinajstić information content (AvgIpc) is 3.12. The van der Waals surface area contributed by atoms with E-state index in [-0.39, 0.29) is 36.4 Å². The molecule has 0 amide bonds. The minimum atomic E-state index is -3.30. The van der Waals surface area contributed by atoms with Gasteiger partial charge in [0.25, 0.3) is 0 Å². The van der Waals surface area contributed by atoms with Gasteiger partial charge in [-0.15, -0.1) is 0 Å². The van der Waals surface area contributed by atoms with Crippen LogP contribution in [0.4, 0.5) is 8.78 Å².